The molecule has 0 radical (unpaired) electrons. The molecular formula is C20H28N2O. The fraction of sp³-hybridized carbons (Fsp3) is 0.550. The van der Waals surface area contributed by atoms with Crippen molar-refractivity contribution in [1.82, 2.24) is 4.90 Å². The molecule has 1 amide bonds. The molecule has 1 aromatic carbocycles. The summed E-state index contributed by atoms with van der Waals surface area (Å²) in [6, 6.07) is 4.22. The number of piperidine rings is 1. The summed E-state index contributed by atoms with van der Waals surface area (Å²) in [5, 5.41) is 3.57. The van der Waals surface area contributed by atoms with Crippen LogP contribution in [-0.4, -0.2) is 29.4 Å². The van der Waals surface area contributed by atoms with E-state index in [0.29, 0.717) is 0 Å². The van der Waals surface area contributed by atoms with Crippen LogP contribution >= 0.6 is 0 Å². The van der Waals surface area contributed by atoms with Crippen LogP contribution in [0, 0.1) is 12.8 Å². The van der Waals surface area contributed by atoms with Crippen molar-refractivity contribution < 1.29 is 4.79 Å². The van der Waals surface area contributed by atoms with Crippen LogP contribution in [0.15, 0.2) is 18.2 Å². The number of amides is 1. The van der Waals surface area contributed by atoms with Gasteiger partial charge in [0.1, 0.15) is 0 Å². The van der Waals surface area contributed by atoms with Gasteiger partial charge in [-0.25, -0.2) is 0 Å². The first kappa shape index (κ1) is 16.1. The van der Waals surface area contributed by atoms with Gasteiger partial charge in [-0.05, 0) is 69.7 Å². The van der Waals surface area contributed by atoms with Crippen LogP contribution in [-0.2, 0) is 0 Å². The predicted octanol–water partition coefficient (Wildman–Crippen LogP) is 4.47. The summed E-state index contributed by atoms with van der Waals surface area (Å²) in [6.07, 6.45) is 4.46. The SMILES string of the molecule is CC1=CC(C)(C)Nc2c(C(=O)N3CCC(C)CC3)cc(C)cc21. The second-order valence-corrected chi connectivity index (χ2v) is 7.88. The fourth-order valence-corrected chi connectivity index (χ4v) is 3.76. The number of likely N-dealkylation sites (tertiary alicyclic amines) is 1. The lowest BCUT2D eigenvalue weighted by atomic mass is 9.88. The molecule has 0 spiro atoms. The molecule has 1 saturated heterocycles. The van der Waals surface area contributed by atoms with Crippen LogP contribution < -0.4 is 5.32 Å². The highest BCUT2D eigenvalue weighted by molar-refractivity contribution is 6.03. The Hall–Kier alpha value is -1.77. The van der Waals surface area contributed by atoms with E-state index in [2.05, 4.69) is 52.1 Å². The molecule has 2 aliphatic rings. The zero-order chi connectivity index (χ0) is 16.8. The average Bonchev–Trinajstić information content (AvgIpc) is 2.47. The topological polar surface area (TPSA) is 32.3 Å². The van der Waals surface area contributed by atoms with Crippen molar-refractivity contribution in [3.8, 4) is 0 Å². The highest BCUT2D eigenvalue weighted by Crippen LogP contribution is 2.37. The van der Waals surface area contributed by atoms with E-state index in [1.807, 2.05) is 11.0 Å². The Balaban J connectivity index is 2.01. The minimum atomic E-state index is -0.127. The number of aryl methyl sites for hydroxylation is 1. The highest BCUT2D eigenvalue weighted by Gasteiger charge is 2.29. The summed E-state index contributed by atoms with van der Waals surface area (Å²) in [7, 11) is 0. The van der Waals surface area contributed by atoms with Crippen molar-refractivity contribution in [3.63, 3.8) is 0 Å². The van der Waals surface area contributed by atoms with Gasteiger partial charge in [-0.15, -0.1) is 0 Å². The number of nitrogens with zero attached hydrogens (tertiary/aromatic N) is 1. The number of anilines is 1. The summed E-state index contributed by atoms with van der Waals surface area (Å²) >= 11 is 0. The standard InChI is InChI=1S/C20H28N2O/c1-13-6-8-22(9-7-13)19(23)17-11-14(2)10-16-15(3)12-20(4,5)21-18(16)17/h10-13,21H,6-9H2,1-5H3. The molecule has 3 rings (SSSR count). The Morgan fingerprint density at radius 1 is 1.22 bits per heavy atom. The van der Waals surface area contributed by atoms with Crippen molar-refractivity contribution >= 4 is 17.2 Å². The normalized spacial score (nSPS) is 20.6. The first-order valence-corrected chi connectivity index (χ1v) is 8.69. The number of fused-ring (bicyclic) bond motifs is 1. The van der Waals surface area contributed by atoms with Gasteiger partial charge in [0.2, 0.25) is 0 Å². The molecule has 0 bridgehead atoms. The third-order valence-electron chi connectivity index (χ3n) is 5.03. The first-order chi connectivity index (χ1) is 10.8. The maximum absolute atomic E-state index is 13.1. The van der Waals surface area contributed by atoms with Crippen molar-refractivity contribution in [2.24, 2.45) is 5.92 Å². The fourth-order valence-electron chi connectivity index (χ4n) is 3.76. The molecule has 2 heterocycles. The van der Waals surface area contributed by atoms with Gasteiger partial charge < -0.3 is 10.2 Å². The molecule has 3 heteroatoms. The number of hydrogen-bond donors (Lipinski definition) is 1. The highest BCUT2D eigenvalue weighted by atomic mass is 16.2. The largest absolute Gasteiger partial charge is 0.376 e. The molecule has 0 aromatic heterocycles. The van der Waals surface area contributed by atoms with Crippen LogP contribution in [0.3, 0.4) is 0 Å². The Labute approximate surface area is 139 Å². The van der Waals surface area contributed by atoms with E-state index in [9.17, 15) is 4.79 Å². The van der Waals surface area contributed by atoms with Gasteiger partial charge >= 0.3 is 0 Å². The van der Waals surface area contributed by atoms with E-state index >= 15 is 0 Å². The summed E-state index contributed by atoms with van der Waals surface area (Å²) in [5.74, 6) is 0.905. The summed E-state index contributed by atoms with van der Waals surface area (Å²) in [4.78, 5) is 15.1. The van der Waals surface area contributed by atoms with E-state index in [1.165, 1.54) is 5.57 Å². The lowest BCUT2D eigenvalue weighted by Crippen LogP contribution is -2.39. The minimum Gasteiger partial charge on any atom is -0.376 e. The quantitative estimate of drug-likeness (QED) is 0.829. The third-order valence-corrected chi connectivity index (χ3v) is 5.03. The number of benzene rings is 1. The Kier molecular flexibility index (Phi) is 3.99. The summed E-state index contributed by atoms with van der Waals surface area (Å²) < 4.78 is 0. The van der Waals surface area contributed by atoms with Gasteiger partial charge in [-0.3, -0.25) is 4.79 Å². The molecule has 2 aliphatic heterocycles. The predicted molar refractivity (Wildman–Crippen MR) is 96.8 cm³/mol. The molecule has 3 nitrogen and oxygen atoms in total. The van der Waals surface area contributed by atoms with E-state index in [4.69, 9.17) is 0 Å². The number of nitrogens with one attached hydrogen (secondary N) is 1. The summed E-state index contributed by atoms with van der Waals surface area (Å²) in [6.45, 7) is 12.5. The van der Waals surface area contributed by atoms with Gasteiger partial charge in [0.25, 0.3) is 5.91 Å². The monoisotopic (exact) mass is 312 g/mol. The summed E-state index contributed by atoms with van der Waals surface area (Å²) in [5.41, 5.74) is 5.26. The zero-order valence-corrected chi connectivity index (χ0v) is 15.0. The molecule has 1 fully saturated rings. The third kappa shape index (κ3) is 3.15. The van der Waals surface area contributed by atoms with Gasteiger partial charge in [0.15, 0.2) is 0 Å². The Morgan fingerprint density at radius 3 is 2.52 bits per heavy atom. The van der Waals surface area contributed by atoms with Crippen molar-refractivity contribution in [3.05, 3.63) is 34.9 Å². The zero-order valence-electron chi connectivity index (χ0n) is 15.0. The smallest absolute Gasteiger partial charge is 0.255 e. The van der Waals surface area contributed by atoms with Crippen LogP contribution in [0.5, 0.6) is 0 Å². The van der Waals surface area contributed by atoms with Crippen LogP contribution in [0.25, 0.3) is 5.57 Å². The molecule has 1 aromatic rings. The van der Waals surface area contributed by atoms with Crippen LogP contribution in [0.1, 0.15) is 62.0 Å². The van der Waals surface area contributed by atoms with Crippen molar-refractivity contribution in [2.75, 3.05) is 18.4 Å². The molecule has 23 heavy (non-hydrogen) atoms. The van der Waals surface area contributed by atoms with E-state index in [-0.39, 0.29) is 11.4 Å². The van der Waals surface area contributed by atoms with E-state index in [0.717, 1.165) is 54.2 Å². The molecule has 0 aliphatic carbocycles. The Morgan fingerprint density at radius 2 is 1.87 bits per heavy atom. The molecular weight excluding hydrogens is 284 g/mol. The lowest BCUT2D eigenvalue weighted by Gasteiger charge is -2.35. The van der Waals surface area contributed by atoms with Crippen LogP contribution in [0.2, 0.25) is 0 Å². The number of hydrogen-bond acceptors (Lipinski definition) is 2. The number of rotatable bonds is 1. The molecule has 0 saturated carbocycles. The van der Waals surface area contributed by atoms with Gasteiger partial charge in [0, 0.05) is 18.7 Å². The van der Waals surface area contributed by atoms with Crippen molar-refractivity contribution in [2.45, 2.75) is 53.0 Å². The molecule has 0 unspecified atom stereocenters. The first-order valence-electron chi connectivity index (χ1n) is 8.69. The molecule has 124 valence electrons. The van der Waals surface area contributed by atoms with E-state index < -0.39 is 0 Å². The second-order valence-electron chi connectivity index (χ2n) is 7.88. The van der Waals surface area contributed by atoms with E-state index in [1.54, 1.807) is 0 Å². The average molecular weight is 312 g/mol. The van der Waals surface area contributed by atoms with Gasteiger partial charge in [-0.1, -0.05) is 13.0 Å². The molecule has 0 atom stereocenters. The number of allylic oxidation sites excluding steroid dienone is 1. The van der Waals surface area contributed by atoms with Crippen molar-refractivity contribution in [1.29, 1.82) is 0 Å². The lowest BCUT2D eigenvalue weighted by molar-refractivity contribution is 0.0698. The maximum Gasteiger partial charge on any atom is 0.255 e. The van der Waals surface area contributed by atoms with Gasteiger partial charge in [-0.2, -0.15) is 0 Å². The minimum absolute atomic E-state index is 0.127. The Bertz CT molecular complexity index is 664. The number of carbonyl (C=O) groups is 1. The maximum atomic E-state index is 13.1. The van der Waals surface area contributed by atoms with Crippen LogP contribution in [0.4, 0.5) is 5.69 Å². The molecule has 1 N–H and O–H groups in total. The number of carbonyl (C=O) groups excluding carboxylic acids is 1. The van der Waals surface area contributed by atoms with Gasteiger partial charge in [0.05, 0.1) is 16.8 Å². The second kappa shape index (κ2) is 5.70.